The Morgan fingerprint density at radius 1 is 1.23 bits per heavy atom. The molecule has 0 aromatic heterocycles. The highest BCUT2D eigenvalue weighted by Crippen LogP contribution is 2.35. The fourth-order valence-corrected chi connectivity index (χ4v) is 2.92. The number of nitrogens with one attached hydrogen (secondary N) is 1. The van der Waals surface area contributed by atoms with Crippen LogP contribution in [0.15, 0.2) is 52.5 Å². The number of hydrogen-bond acceptors (Lipinski definition) is 4. The second-order valence-electron chi connectivity index (χ2n) is 5.51. The lowest BCUT2D eigenvalue weighted by atomic mass is 10.1. The Morgan fingerprint density at radius 2 is 1.92 bits per heavy atom. The molecule has 0 radical (unpaired) electrons. The van der Waals surface area contributed by atoms with Gasteiger partial charge in [0, 0.05) is 10.0 Å². The van der Waals surface area contributed by atoms with Crippen LogP contribution < -0.4 is 14.8 Å². The molecular weight excluding hydrogens is 396 g/mol. The molecule has 0 aliphatic heterocycles. The van der Waals surface area contributed by atoms with Gasteiger partial charge in [0.25, 0.3) is 5.91 Å². The van der Waals surface area contributed by atoms with Crippen LogP contribution in [0.4, 0.5) is 0 Å². The third kappa shape index (κ3) is 4.64. The first-order valence-electron chi connectivity index (χ1n) is 7.89. The predicted octanol–water partition coefficient (Wildman–Crippen LogP) is 4.25. The van der Waals surface area contributed by atoms with Crippen molar-refractivity contribution >= 4 is 27.9 Å². The van der Waals surface area contributed by atoms with Gasteiger partial charge in [0.1, 0.15) is 11.6 Å². The Hall–Kier alpha value is -2.78. The van der Waals surface area contributed by atoms with Crippen molar-refractivity contribution in [3.63, 3.8) is 0 Å². The minimum atomic E-state index is -0.454. The molecular formula is C20H19BrN2O3. The first kappa shape index (κ1) is 19.5. The third-order valence-corrected chi connectivity index (χ3v) is 4.24. The molecule has 0 fully saturated rings. The Balaban J connectivity index is 2.32. The molecule has 1 amide bonds. The maximum atomic E-state index is 12.5. The van der Waals surface area contributed by atoms with Crippen LogP contribution in [0.3, 0.4) is 0 Å². The van der Waals surface area contributed by atoms with Crippen molar-refractivity contribution in [1.82, 2.24) is 5.32 Å². The number of carbonyl (C=O) groups excluding carboxylic acids is 1. The van der Waals surface area contributed by atoms with Gasteiger partial charge in [0.05, 0.1) is 20.3 Å². The lowest BCUT2D eigenvalue weighted by molar-refractivity contribution is -0.117. The topological polar surface area (TPSA) is 71.3 Å². The van der Waals surface area contributed by atoms with Crippen molar-refractivity contribution in [2.75, 3.05) is 14.2 Å². The molecule has 0 heterocycles. The van der Waals surface area contributed by atoms with E-state index in [2.05, 4.69) is 21.2 Å². The third-order valence-electron chi connectivity index (χ3n) is 3.78. The molecule has 1 N–H and O–H groups in total. The van der Waals surface area contributed by atoms with Crippen molar-refractivity contribution < 1.29 is 14.3 Å². The molecule has 26 heavy (non-hydrogen) atoms. The molecule has 2 aromatic rings. The van der Waals surface area contributed by atoms with E-state index in [1.54, 1.807) is 12.1 Å². The van der Waals surface area contributed by atoms with Crippen molar-refractivity contribution in [2.45, 2.75) is 13.0 Å². The summed E-state index contributed by atoms with van der Waals surface area (Å²) in [6, 6.07) is 14.8. The second kappa shape index (κ2) is 9.07. The highest BCUT2D eigenvalue weighted by atomic mass is 79.9. The van der Waals surface area contributed by atoms with E-state index >= 15 is 0 Å². The van der Waals surface area contributed by atoms with Gasteiger partial charge in [-0.25, -0.2) is 0 Å². The zero-order valence-electron chi connectivity index (χ0n) is 14.7. The monoisotopic (exact) mass is 414 g/mol. The van der Waals surface area contributed by atoms with Crippen LogP contribution in [0.2, 0.25) is 0 Å². The van der Waals surface area contributed by atoms with E-state index in [1.807, 2.05) is 43.3 Å². The van der Waals surface area contributed by atoms with Gasteiger partial charge in [-0.3, -0.25) is 4.79 Å². The molecule has 0 saturated carbocycles. The first-order chi connectivity index (χ1) is 12.5. The van der Waals surface area contributed by atoms with Crippen molar-refractivity contribution in [2.24, 2.45) is 0 Å². The Morgan fingerprint density at radius 3 is 2.50 bits per heavy atom. The maximum absolute atomic E-state index is 12.5. The van der Waals surface area contributed by atoms with E-state index in [-0.39, 0.29) is 11.6 Å². The molecule has 0 aliphatic carbocycles. The minimum absolute atomic E-state index is 0.0220. The SMILES string of the molecule is COc1cc(Br)cc(/C=C(/C#N)C(=O)N[C@@H](C)c2ccccc2)c1OC. The van der Waals surface area contributed by atoms with Gasteiger partial charge < -0.3 is 14.8 Å². The van der Waals surface area contributed by atoms with E-state index in [9.17, 15) is 10.1 Å². The van der Waals surface area contributed by atoms with Crippen LogP contribution in [-0.4, -0.2) is 20.1 Å². The molecule has 0 bridgehead atoms. The Labute approximate surface area is 161 Å². The molecule has 5 nitrogen and oxygen atoms in total. The van der Waals surface area contributed by atoms with Crippen molar-refractivity contribution in [3.8, 4) is 17.6 Å². The van der Waals surface area contributed by atoms with E-state index < -0.39 is 5.91 Å². The van der Waals surface area contributed by atoms with Crippen LogP contribution >= 0.6 is 15.9 Å². The number of hydrogen-bond donors (Lipinski definition) is 1. The van der Waals surface area contributed by atoms with Crippen molar-refractivity contribution in [1.29, 1.82) is 5.26 Å². The summed E-state index contributed by atoms with van der Waals surface area (Å²) in [7, 11) is 3.03. The smallest absolute Gasteiger partial charge is 0.262 e. The highest BCUT2D eigenvalue weighted by molar-refractivity contribution is 9.10. The Kier molecular flexibility index (Phi) is 6.81. The molecule has 0 saturated heterocycles. The summed E-state index contributed by atoms with van der Waals surface area (Å²) in [5.74, 6) is 0.501. The molecule has 0 spiro atoms. The highest BCUT2D eigenvalue weighted by Gasteiger charge is 2.16. The van der Waals surface area contributed by atoms with E-state index in [4.69, 9.17) is 9.47 Å². The average Bonchev–Trinajstić information content (AvgIpc) is 2.65. The van der Waals surface area contributed by atoms with Gasteiger partial charge in [-0.15, -0.1) is 0 Å². The largest absolute Gasteiger partial charge is 0.493 e. The molecule has 134 valence electrons. The maximum Gasteiger partial charge on any atom is 0.262 e. The summed E-state index contributed by atoms with van der Waals surface area (Å²) in [6.45, 7) is 1.87. The zero-order chi connectivity index (χ0) is 19.1. The fraction of sp³-hybridized carbons (Fsp3) is 0.200. The predicted molar refractivity (Wildman–Crippen MR) is 104 cm³/mol. The molecule has 0 aliphatic rings. The van der Waals surface area contributed by atoms with Crippen LogP contribution in [0.1, 0.15) is 24.1 Å². The number of carbonyl (C=O) groups is 1. The number of ether oxygens (including phenoxy) is 2. The van der Waals surface area contributed by atoms with E-state index in [0.29, 0.717) is 17.1 Å². The molecule has 0 unspecified atom stereocenters. The van der Waals surface area contributed by atoms with Gasteiger partial charge >= 0.3 is 0 Å². The van der Waals surface area contributed by atoms with Crippen LogP contribution in [-0.2, 0) is 4.79 Å². The van der Waals surface area contributed by atoms with Gasteiger partial charge in [-0.05, 0) is 30.7 Å². The summed E-state index contributed by atoms with van der Waals surface area (Å²) in [6.07, 6.45) is 1.49. The molecule has 1 atom stereocenters. The van der Waals surface area contributed by atoms with Gasteiger partial charge in [0.15, 0.2) is 11.5 Å². The van der Waals surface area contributed by atoms with Crippen LogP contribution in [0.5, 0.6) is 11.5 Å². The number of halogens is 1. The van der Waals surface area contributed by atoms with Crippen molar-refractivity contribution in [3.05, 3.63) is 63.6 Å². The van der Waals surface area contributed by atoms with E-state index in [0.717, 1.165) is 10.0 Å². The fourth-order valence-electron chi connectivity index (χ4n) is 2.47. The number of amides is 1. The standard InChI is InChI=1S/C20H19BrN2O3/c1-13(14-7-5-4-6-8-14)23-20(24)16(12-22)9-15-10-17(21)11-18(25-2)19(15)26-3/h4-11,13H,1-3H3,(H,23,24)/b16-9-/t13-/m0/s1. The van der Waals surface area contributed by atoms with Crippen LogP contribution in [0.25, 0.3) is 6.08 Å². The first-order valence-corrected chi connectivity index (χ1v) is 8.68. The number of rotatable bonds is 6. The summed E-state index contributed by atoms with van der Waals surface area (Å²) >= 11 is 3.39. The number of methoxy groups -OCH3 is 2. The molecule has 2 rings (SSSR count). The van der Waals surface area contributed by atoms with Crippen LogP contribution in [0, 0.1) is 11.3 Å². The lowest BCUT2D eigenvalue weighted by Gasteiger charge is -2.14. The quantitative estimate of drug-likeness (QED) is 0.566. The lowest BCUT2D eigenvalue weighted by Crippen LogP contribution is -2.27. The normalized spacial score (nSPS) is 12.0. The number of benzene rings is 2. The average molecular weight is 415 g/mol. The van der Waals surface area contributed by atoms with Gasteiger partial charge in [-0.2, -0.15) is 5.26 Å². The zero-order valence-corrected chi connectivity index (χ0v) is 16.3. The number of nitrogens with zero attached hydrogens (tertiary/aromatic N) is 1. The summed E-state index contributed by atoms with van der Waals surface area (Å²) in [4.78, 5) is 12.5. The van der Waals surface area contributed by atoms with E-state index in [1.165, 1.54) is 20.3 Å². The molecule has 2 aromatic carbocycles. The summed E-state index contributed by atoms with van der Waals surface area (Å²) < 4.78 is 11.4. The second-order valence-corrected chi connectivity index (χ2v) is 6.42. The summed E-state index contributed by atoms with van der Waals surface area (Å²) in [5.41, 5.74) is 1.50. The summed E-state index contributed by atoms with van der Waals surface area (Å²) in [5, 5.41) is 12.3. The Bertz CT molecular complexity index is 857. The number of nitriles is 1. The van der Waals surface area contributed by atoms with Gasteiger partial charge in [0.2, 0.25) is 0 Å². The molecule has 6 heteroatoms. The van der Waals surface area contributed by atoms with Gasteiger partial charge in [-0.1, -0.05) is 46.3 Å². The minimum Gasteiger partial charge on any atom is -0.493 e.